The number of hydrogen-bond acceptors (Lipinski definition) is 0. The van der Waals surface area contributed by atoms with Crippen LogP contribution in [-0.4, -0.2) is 18.5 Å². The molecule has 0 saturated carbocycles. The van der Waals surface area contributed by atoms with Crippen LogP contribution in [0.5, 0.6) is 0 Å². The van der Waals surface area contributed by atoms with Crippen molar-refractivity contribution < 1.29 is 20.4 Å². The molecule has 0 aliphatic heterocycles. The summed E-state index contributed by atoms with van der Waals surface area (Å²) in [4.78, 5) is 0. The van der Waals surface area contributed by atoms with Crippen molar-refractivity contribution in [1.82, 2.24) is 0 Å². The molecule has 0 aromatic heterocycles. The van der Waals surface area contributed by atoms with Crippen molar-refractivity contribution in [3.8, 4) is 0 Å². The van der Waals surface area contributed by atoms with Crippen LogP contribution in [0.2, 0.25) is 0 Å². The maximum atomic E-state index is 3.71. The quantitative estimate of drug-likeness (QED) is 0.399. The van der Waals surface area contributed by atoms with Gasteiger partial charge in [-0.25, -0.2) is 0 Å². The number of allylic oxidation sites excluding steroid dienone is 2. The normalized spacial score (nSPS) is 8.60. The molecule has 0 fully saturated rings. The summed E-state index contributed by atoms with van der Waals surface area (Å²) in [6.07, 6.45) is 7.71. The van der Waals surface area contributed by atoms with E-state index < -0.39 is 0 Å². The molecule has 0 saturated heterocycles. The SMILES string of the molecule is C=CCP(CC)CC=C.[Pd]. The Morgan fingerprint density at radius 1 is 1.20 bits per heavy atom. The van der Waals surface area contributed by atoms with Gasteiger partial charge in [-0.3, -0.25) is 0 Å². The van der Waals surface area contributed by atoms with Gasteiger partial charge < -0.3 is 0 Å². The molecule has 0 N–H and O–H groups in total. The van der Waals surface area contributed by atoms with Gasteiger partial charge in [0.15, 0.2) is 0 Å². The van der Waals surface area contributed by atoms with Crippen molar-refractivity contribution in [1.29, 1.82) is 0 Å². The Bertz CT molecular complexity index is 81.3. The van der Waals surface area contributed by atoms with Crippen LogP contribution in [0, 0.1) is 0 Å². The largest absolute Gasteiger partial charge is 0.103 e. The minimum Gasteiger partial charge on any atom is -0.103 e. The van der Waals surface area contributed by atoms with Crippen molar-refractivity contribution in [3.63, 3.8) is 0 Å². The molecule has 0 heterocycles. The Hall–Kier alpha value is 0.572. The third-order valence-electron chi connectivity index (χ3n) is 1.22. The standard InChI is InChI=1S/C8H15P.Pd/c1-4-7-9(6-3)8-5-2;/h4-5H,1-2,6-8H2,3H3;. The molecule has 0 aromatic carbocycles. The second-order valence-corrected chi connectivity index (χ2v) is 4.63. The monoisotopic (exact) mass is 248 g/mol. The molecule has 0 aliphatic carbocycles. The minimum atomic E-state index is 0. The van der Waals surface area contributed by atoms with E-state index in [9.17, 15) is 0 Å². The maximum Gasteiger partial charge on any atom is 0 e. The summed E-state index contributed by atoms with van der Waals surface area (Å²) in [5, 5.41) is 0. The molecule has 2 heteroatoms. The van der Waals surface area contributed by atoms with Crippen molar-refractivity contribution in [2.45, 2.75) is 6.92 Å². The van der Waals surface area contributed by atoms with E-state index in [0.717, 1.165) is 0 Å². The van der Waals surface area contributed by atoms with Gasteiger partial charge in [-0.05, 0) is 18.5 Å². The third kappa shape index (κ3) is 6.69. The first-order chi connectivity index (χ1) is 4.35. The summed E-state index contributed by atoms with van der Waals surface area (Å²) in [5.74, 6) is 0. The van der Waals surface area contributed by atoms with E-state index in [1.165, 1.54) is 18.5 Å². The zero-order chi connectivity index (χ0) is 7.11. The molecule has 0 atom stereocenters. The zero-order valence-corrected chi connectivity index (χ0v) is 8.90. The average molecular weight is 249 g/mol. The van der Waals surface area contributed by atoms with Gasteiger partial charge in [-0.1, -0.05) is 27.0 Å². The van der Waals surface area contributed by atoms with E-state index in [1.807, 2.05) is 12.2 Å². The van der Waals surface area contributed by atoms with Crippen LogP contribution in [0.1, 0.15) is 6.92 Å². The summed E-state index contributed by atoms with van der Waals surface area (Å²) in [5.41, 5.74) is 0. The summed E-state index contributed by atoms with van der Waals surface area (Å²) in [6.45, 7) is 9.66. The number of rotatable bonds is 5. The molecule has 0 unspecified atom stereocenters. The van der Waals surface area contributed by atoms with Gasteiger partial charge >= 0.3 is 0 Å². The molecule has 0 rings (SSSR count). The molecule has 10 heavy (non-hydrogen) atoms. The Balaban J connectivity index is 0. The van der Waals surface area contributed by atoms with Gasteiger partial charge in [0.1, 0.15) is 0 Å². The van der Waals surface area contributed by atoms with Gasteiger partial charge in [0.05, 0.1) is 0 Å². The van der Waals surface area contributed by atoms with Crippen molar-refractivity contribution in [3.05, 3.63) is 25.3 Å². The molecular weight excluding hydrogens is 233 g/mol. The van der Waals surface area contributed by atoms with E-state index in [2.05, 4.69) is 20.1 Å². The second kappa shape index (κ2) is 9.57. The van der Waals surface area contributed by atoms with E-state index in [1.54, 1.807) is 0 Å². The zero-order valence-electron chi connectivity index (χ0n) is 6.45. The minimum absolute atomic E-state index is 0. The number of hydrogen-bond donors (Lipinski definition) is 0. The van der Waals surface area contributed by atoms with Crippen LogP contribution in [-0.2, 0) is 20.4 Å². The van der Waals surface area contributed by atoms with Crippen molar-refractivity contribution in [2.75, 3.05) is 18.5 Å². The first kappa shape index (κ1) is 13.2. The predicted octanol–water partition coefficient (Wildman–Crippen LogP) is 2.86. The molecule has 0 radical (unpaired) electrons. The fourth-order valence-electron chi connectivity index (χ4n) is 0.698. The van der Waals surface area contributed by atoms with Crippen LogP contribution in [0.15, 0.2) is 25.3 Å². The topological polar surface area (TPSA) is 0 Å². The molecular formula is C8H15PPd. The van der Waals surface area contributed by atoms with Crippen LogP contribution in [0.25, 0.3) is 0 Å². The summed E-state index contributed by atoms with van der Waals surface area (Å²) >= 11 is 0. The Morgan fingerprint density at radius 3 is 1.80 bits per heavy atom. The van der Waals surface area contributed by atoms with E-state index in [-0.39, 0.29) is 28.3 Å². The molecule has 0 amide bonds. The van der Waals surface area contributed by atoms with Gasteiger partial charge in [-0.15, -0.1) is 13.2 Å². The Kier molecular flexibility index (Phi) is 12.6. The van der Waals surface area contributed by atoms with Crippen molar-refractivity contribution >= 4 is 7.92 Å². The predicted molar refractivity (Wildman–Crippen MR) is 47.6 cm³/mol. The van der Waals surface area contributed by atoms with Gasteiger partial charge in [0, 0.05) is 20.4 Å². The van der Waals surface area contributed by atoms with E-state index in [0.29, 0.717) is 0 Å². The summed E-state index contributed by atoms with van der Waals surface area (Å²) in [7, 11) is 0.205. The molecule has 0 bridgehead atoms. The van der Waals surface area contributed by atoms with Crippen LogP contribution >= 0.6 is 7.92 Å². The van der Waals surface area contributed by atoms with Crippen LogP contribution in [0.4, 0.5) is 0 Å². The van der Waals surface area contributed by atoms with Crippen molar-refractivity contribution in [2.24, 2.45) is 0 Å². The van der Waals surface area contributed by atoms with E-state index >= 15 is 0 Å². The molecule has 0 aromatic rings. The second-order valence-electron chi connectivity index (χ2n) is 1.93. The fraction of sp³-hybridized carbons (Fsp3) is 0.500. The maximum absolute atomic E-state index is 3.71. The summed E-state index contributed by atoms with van der Waals surface area (Å²) < 4.78 is 0. The molecule has 0 nitrogen and oxygen atoms in total. The molecule has 0 spiro atoms. The first-order valence-corrected chi connectivity index (χ1v) is 5.19. The van der Waals surface area contributed by atoms with E-state index in [4.69, 9.17) is 0 Å². The third-order valence-corrected chi connectivity index (χ3v) is 3.67. The Morgan fingerprint density at radius 2 is 1.60 bits per heavy atom. The fourth-order valence-corrected chi connectivity index (χ4v) is 2.09. The smallest absolute Gasteiger partial charge is 0 e. The first-order valence-electron chi connectivity index (χ1n) is 3.29. The molecule has 0 aliphatic rings. The Labute approximate surface area is 79.2 Å². The van der Waals surface area contributed by atoms with Crippen LogP contribution < -0.4 is 0 Å². The van der Waals surface area contributed by atoms with Gasteiger partial charge in [0.25, 0.3) is 0 Å². The van der Waals surface area contributed by atoms with Crippen LogP contribution in [0.3, 0.4) is 0 Å². The average Bonchev–Trinajstić information content (AvgIpc) is 1.88. The summed E-state index contributed by atoms with van der Waals surface area (Å²) in [6, 6.07) is 0. The molecule has 62 valence electrons. The van der Waals surface area contributed by atoms with Gasteiger partial charge in [-0.2, -0.15) is 0 Å². The van der Waals surface area contributed by atoms with Gasteiger partial charge in [0.2, 0.25) is 0 Å².